The van der Waals surface area contributed by atoms with Crippen LogP contribution in [0.2, 0.25) is 0 Å². The van der Waals surface area contributed by atoms with E-state index in [4.69, 9.17) is 0 Å². The fourth-order valence-electron chi connectivity index (χ4n) is 2.31. The first-order valence-electron chi connectivity index (χ1n) is 7.51. The van der Waals surface area contributed by atoms with Crippen LogP contribution in [0, 0.1) is 17.1 Å². The van der Waals surface area contributed by atoms with Crippen molar-refractivity contribution in [3.05, 3.63) is 64.3 Å². The minimum Gasteiger partial charge on any atom is -0.508 e. The van der Waals surface area contributed by atoms with E-state index < -0.39 is 20.6 Å². The molecule has 0 atom stereocenters. The Hall–Kier alpha value is -2.65. The van der Waals surface area contributed by atoms with Gasteiger partial charge in [-0.25, -0.2) is 12.8 Å². The van der Waals surface area contributed by atoms with Crippen LogP contribution in [0.25, 0.3) is 6.08 Å². The second kappa shape index (κ2) is 6.69. The first-order chi connectivity index (χ1) is 11.6. The molecule has 0 aliphatic heterocycles. The molecule has 0 aromatic heterocycles. The van der Waals surface area contributed by atoms with E-state index >= 15 is 0 Å². The zero-order valence-electron chi connectivity index (χ0n) is 14.1. The van der Waals surface area contributed by atoms with Gasteiger partial charge in [0.2, 0.25) is 9.84 Å². The van der Waals surface area contributed by atoms with Crippen molar-refractivity contribution in [2.24, 2.45) is 0 Å². The van der Waals surface area contributed by atoms with Gasteiger partial charge in [0.25, 0.3) is 0 Å². The van der Waals surface area contributed by atoms with Crippen LogP contribution >= 0.6 is 0 Å². The van der Waals surface area contributed by atoms with Crippen molar-refractivity contribution < 1.29 is 17.9 Å². The van der Waals surface area contributed by atoms with Gasteiger partial charge in [-0.05, 0) is 59.0 Å². The Morgan fingerprint density at radius 1 is 1.16 bits per heavy atom. The van der Waals surface area contributed by atoms with E-state index in [2.05, 4.69) is 0 Å². The number of phenols is 1. The first-order valence-corrected chi connectivity index (χ1v) is 9.00. The summed E-state index contributed by atoms with van der Waals surface area (Å²) in [6, 6.07) is 10.6. The van der Waals surface area contributed by atoms with E-state index in [1.54, 1.807) is 12.1 Å². The number of aromatic hydroxyl groups is 1. The lowest BCUT2D eigenvalue weighted by Crippen LogP contribution is -2.11. The van der Waals surface area contributed by atoms with E-state index in [1.165, 1.54) is 18.2 Å². The summed E-state index contributed by atoms with van der Waals surface area (Å²) in [5.74, 6) is -0.459. The molecule has 0 heterocycles. The normalized spacial score (nSPS) is 12.7. The van der Waals surface area contributed by atoms with Crippen LogP contribution in [0.4, 0.5) is 4.39 Å². The summed E-state index contributed by atoms with van der Waals surface area (Å²) in [6.45, 7) is 5.74. The van der Waals surface area contributed by atoms with Crippen LogP contribution < -0.4 is 0 Å². The Balaban J connectivity index is 2.55. The number of nitriles is 1. The van der Waals surface area contributed by atoms with Crippen molar-refractivity contribution in [1.82, 2.24) is 0 Å². The van der Waals surface area contributed by atoms with Gasteiger partial charge in [-0.2, -0.15) is 5.26 Å². The standard InChI is InChI=1S/C19H18FNO3S/c1-19(2,3)17-11-13(4-9-18(17)22)10-16(12-21)25(23,24)15-7-5-14(20)6-8-15/h4-11,22H,1-3H3/b16-10-. The number of halogens is 1. The summed E-state index contributed by atoms with van der Waals surface area (Å²) in [5.41, 5.74) is 0.763. The molecule has 0 spiro atoms. The van der Waals surface area contributed by atoms with Crippen molar-refractivity contribution in [1.29, 1.82) is 5.26 Å². The molecule has 0 bridgehead atoms. The molecular formula is C19H18FNO3S. The topological polar surface area (TPSA) is 78.2 Å². The van der Waals surface area contributed by atoms with Crippen molar-refractivity contribution >= 4 is 15.9 Å². The van der Waals surface area contributed by atoms with Crippen LogP contribution in [0.15, 0.2) is 52.3 Å². The molecule has 0 saturated heterocycles. The smallest absolute Gasteiger partial charge is 0.216 e. The number of phenolic OH excluding ortho intramolecular Hbond substituents is 1. The van der Waals surface area contributed by atoms with Crippen LogP contribution in [0.3, 0.4) is 0 Å². The molecule has 0 fully saturated rings. The van der Waals surface area contributed by atoms with Gasteiger partial charge in [-0.1, -0.05) is 26.8 Å². The Labute approximate surface area is 146 Å². The molecule has 2 aromatic carbocycles. The maximum atomic E-state index is 13.0. The molecule has 2 aromatic rings. The highest BCUT2D eigenvalue weighted by atomic mass is 32.2. The second-order valence-electron chi connectivity index (χ2n) is 6.60. The summed E-state index contributed by atoms with van der Waals surface area (Å²) >= 11 is 0. The molecule has 0 aliphatic rings. The third-order valence-corrected chi connectivity index (χ3v) is 5.33. The summed E-state index contributed by atoms with van der Waals surface area (Å²) in [6.07, 6.45) is 1.24. The maximum absolute atomic E-state index is 13.0. The maximum Gasteiger partial charge on any atom is 0.216 e. The van der Waals surface area contributed by atoms with Crippen LogP contribution in [0.1, 0.15) is 31.9 Å². The molecule has 25 heavy (non-hydrogen) atoms. The van der Waals surface area contributed by atoms with Gasteiger partial charge >= 0.3 is 0 Å². The highest BCUT2D eigenvalue weighted by Crippen LogP contribution is 2.32. The fourth-order valence-corrected chi connectivity index (χ4v) is 3.47. The summed E-state index contributed by atoms with van der Waals surface area (Å²) in [4.78, 5) is -0.610. The summed E-state index contributed by atoms with van der Waals surface area (Å²) < 4.78 is 38.1. The Morgan fingerprint density at radius 3 is 2.28 bits per heavy atom. The van der Waals surface area contributed by atoms with E-state index in [0.717, 1.165) is 24.3 Å². The quantitative estimate of drug-likeness (QED) is 0.659. The van der Waals surface area contributed by atoms with E-state index in [1.807, 2.05) is 20.8 Å². The van der Waals surface area contributed by atoms with Gasteiger partial charge in [0, 0.05) is 0 Å². The van der Waals surface area contributed by atoms with Crippen LogP contribution in [-0.4, -0.2) is 13.5 Å². The predicted octanol–water partition coefficient (Wildman–Crippen LogP) is 4.17. The Morgan fingerprint density at radius 2 is 1.76 bits per heavy atom. The van der Waals surface area contributed by atoms with Crippen molar-refractivity contribution in [3.63, 3.8) is 0 Å². The molecule has 0 saturated carbocycles. The largest absolute Gasteiger partial charge is 0.508 e. The summed E-state index contributed by atoms with van der Waals surface area (Å²) in [7, 11) is -4.05. The predicted molar refractivity (Wildman–Crippen MR) is 94.0 cm³/mol. The van der Waals surface area contributed by atoms with Gasteiger partial charge < -0.3 is 5.11 Å². The van der Waals surface area contributed by atoms with Gasteiger partial charge in [0.15, 0.2) is 0 Å². The monoisotopic (exact) mass is 359 g/mol. The van der Waals surface area contributed by atoms with Gasteiger partial charge in [0.05, 0.1) is 4.90 Å². The van der Waals surface area contributed by atoms with Crippen molar-refractivity contribution in [2.75, 3.05) is 0 Å². The minimum atomic E-state index is -4.05. The van der Waals surface area contributed by atoms with Crippen molar-refractivity contribution in [3.8, 4) is 11.8 Å². The van der Waals surface area contributed by atoms with Gasteiger partial charge in [-0.3, -0.25) is 0 Å². The first kappa shape index (κ1) is 18.7. The number of sulfone groups is 1. The van der Waals surface area contributed by atoms with Crippen molar-refractivity contribution in [2.45, 2.75) is 31.1 Å². The highest BCUT2D eigenvalue weighted by molar-refractivity contribution is 7.95. The van der Waals surface area contributed by atoms with Gasteiger partial charge in [0.1, 0.15) is 22.5 Å². The number of rotatable bonds is 3. The number of hydrogen-bond donors (Lipinski definition) is 1. The molecule has 0 aliphatic carbocycles. The van der Waals surface area contributed by atoms with E-state index in [9.17, 15) is 23.2 Å². The lowest BCUT2D eigenvalue weighted by Gasteiger charge is -2.20. The molecular weight excluding hydrogens is 341 g/mol. The molecule has 4 nitrogen and oxygen atoms in total. The fraction of sp³-hybridized carbons (Fsp3) is 0.211. The SMILES string of the molecule is CC(C)(C)c1cc(/C=C(/C#N)S(=O)(=O)c2ccc(F)cc2)ccc1O. The lowest BCUT2D eigenvalue weighted by atomic mass is 9.85. The molecule has 2 rings (SSSR count). The zero-order chi connectivity index (χ0) is 18.8. The molecule has 0 unspecified atom stereocenters. The third kappa shape index (κ3) is 4.06. The number of benzene rings is 2. The van der Waals surface area contributed by atoms with Crippen LogP contribution in [0.5, 0.6) is 5.75 Å². The lowest BCUT2D eigenvalue weighted by molar-refractivity contribution is 0.446. The average molecular weight is 359 g/mol. The number of nitrogens with zero attached hydrogens (tertiary/aromatic N) is 1. The van der Waals surface area contributed by atoms with E-state index in [0.29, 0.717) is 11.1 Å². The van der Waals surface area contributed by atoms with Crippen LogP contribution in [-0.2, 0) is 15.3 Å². The molecule has 0 radical (unpaired) electrons. The summed E-state index contributed by atoms with van der Waals surface area (Å²) in [5, 5.41) is 19.3. The van der Waals surface area contributed by atoms with E-state index in [-0.39, 0.29) is 16.1 Å². The number of allylic oxidation sites excluding steroid dienone is 1. The Kier molecular flexibility index (Phi) is 5.00. The highest BCUT2D eigenvalue weighted by Gasteiger charge is 2.22. The molecule has 130 valence electrons. The average Bonchev–Trinajstić information content (AvgIpc) is 2.53. The Bertz CT molecular complexity index is 963. The zero-order valence-corrected chi connectivity index (χ0v) is 14.9. The minimum absolute atomic E-state index is 0.101. The number of hydrogen-bond acceptors (Lipinski definition) is 4. The van der Waals surface area contributed by atoms with Gasteiger partial charge in [-0.15, -0.1) is 0 Å². The molecule has 6 heteroatoms. The molecule has 1 N–H and O–H groups in total. The third-order valence-electron chi connectivity index (χ3n) is 3.65. The second-order valence-corrected chi connectivity index (χ2v) is 8.52. The molecule has 0 amide bonds.